The number of allylic oxidation sites excluding steroid dienone is 2. The number of carboxylic acid groups (broad SMARTS) is 1. The molecule has 0 saturated heterocycles. The maximum atomic E-state index is 12.1. The summed E-state index contributed by atoms with van der Waals surface area (Å²) < 4.78 is 1.79. The van der Waals surface area contributed by atoms with Gasteiger partial charge in [0.2, 0.25) is 0 Å². The maximum Gasteiger partial charge on any atom is 0.311 e. The van der Waals surface area contributed by atoms with Gasteiger partial charge >= 0.3 is 5.97 Å². The van der Waals surface area contributed by atoms with Gasteiger partial charge in [-0.2, -0.15) is 0 Å². The number of hydrogen-bond acceptors (Lipinski definition) is 3. The van der Waals surface area contributed by atoms with Crippen molar-refractivity contribution in [1.82, 2.24) is 9.29 Å². The molecule has 98 valence electrons. The lowest BCUT2D eigenvalue weighted by Crippen LogP contribution is -2.33. The van der Waals surface area contributed by atoms with Gasteiger partial charge in [0, 0.05) is 22.7 Å². The molecule has 2 heterocycles. The number of hydrogen-bond donors (Lipinski definition) is 2. The molecule has 19 heavy (non-hydrogen) atoms. The summed E-state index contributed by atoms with van der Waals surface area (Å²) in [5, 5.41) is 12.0. The van der Waals surface area contributed by atoms with Crippen LogP contribution in [0.1, 0.15) is 17.4 Å². The molecule has 0 spiro atoms. The highest BCUT2D eigenvalue weighted by Crippen LogP contribution is 2.37. The second kappa shape index (κ2) is 4.31. The third kappa shape index (κ3) is 1.88. The van der Waals surface area contributed by atoms with E-state index in [1.54, 1.807) is 22.2 Å². The monoisotopic (exact) mass is 276 g/mol. The fraction of sp³-hybridized carbons (Fsp3) is 0.231. The molecule has 0 saturated carbocycles. The highest BCUT2D eigenvalue weighted by Gasteiger charge is 2.33. The Morgan fingerprint density at radius 2 is 2.32 bits per heavy atom. The molecule has 0 aromatic carbocycles. The van der Waals surface area contributed by atoms with Gasteiger partial charge in [0.1, 0.15) is 5.69 Å². The lowest BCUT2D eigenvalue weighted by molar-refractivity contribution is -0.141. The third-order valence-corrected chi connectivity index (χ3v) is 4.46. The lowest BCUT2D eigenvalue weighted by Gasteiger charge is -2.25. The summed E-state index contributed by atoms with van der Waals surface area (Å²) in [6.45, 7) is 1.82. The zero-order chi connectivity index (χ0) is 13.6. The van der Waals surface area contributed by atoms with Gasteiger partial charge in [-0.1, -0.05) is 13.0 Å². The molecule has 0 fully saturated rings. The van der Waals surface area contributed by atoms with E-state index in [0.717, 1.165) is 4.91 Å². The van der Waals surface area contributed by atoms with Crippen molar-refractivity contribution in [3.63, 3.8) is 0 Å². The van der Waals surface area contributed by atoms with Gasteiger partial charge in [0.25, 0.3) is 5.91 Å². The Kier molecular flexibility index (Phi) is 2.74. The number of aromatic nitrogens is 1. The van der Waals surface area contributed by atoms with E-state index in [1.807, 2.05) is 19.2 Å². The van der Waals surface area contributed by atoms with Crippen molar-refractivity contribution in [2.75, 3.05) is 0 Å². The number of nitrogens with one attached hydrogen (secondary N) is 1. The first kappa shape index (κ1) is 12.1. The quantitative estimate of drug-likeness (QED) is 0.821. The number of carboxylic acids is 1. The first-order chi connectivity index (χ1) is 9.08. The van der Waals surface area contributed by atoms with E-state index >= 15 is 0 Å². The van der Waals surface area contributed by atoms with Crippen molar-refractivity contribution in [1.29, 1.82) is 0 Å². The van der Waals surface area contributed by atoms with E-state index in [4.69, 9.17) is 0 Å². The Balaban J connectivity index is 2.02. The second-order valence-electron chi connectivity index (χ2n) is 4.55. The highest BCUT2D eigenvalue weighted by atomic mass is 32.2. The summed E-state index contributed by atoms with van der Waals surface area (Å²) >= 11 is 1.42. The molecule has 1 aliphatic carbocycles. The number of rotatable bonds is 1. The topological polar surface area (TPSA) is 71.3 Å². The molecular weight excluding hydrogens is 264 g/mol. The second-order valence-corrected chi connectivity index (χ2v) is 5.57. The molecule has 1 aromatic heterocycles. The molecule has 3 rings (SSSR count). The minimum atomic E-state index is -0.876. The molecular formula is C13H12N2O3S. The Bertz CT molecular complexity index is 630. The summed E-state index contributed by atoms with van der Waals surface area (Å²) in [4.78, 5) is 24.2. The number of nitrogens with zero attached hydrogens (tertiary/aromatic N) is 1. The van der Waals surface area contributed by atoms with Crippen LogP contribution in [-0.2, 0) is 4.79 Å². The predicted molar refractivity (Wildman–Crippen MR) is 71.3 cm³/mol. The van der Waals surface area contributed by atoms with E-state index < -0.39 is 11.9 Å². The van der Waals surface area contributed by atoms with Gasteiger partial charge in [0.15, 0.2) is 0 Å². The zero-order valence-electron chi connectivity index (χ0n) is 10.2. The number of fused-ring (bicyclic) bond motifs is 1. The van der Waals surface area contributed by atoms with Crippen LogP contribution >= 0.6 is 11.9 Å². The minimum absolute atomic E-state index is 0.200. The average Bonchev–Trinajstić information content (AvgIpc) is 2.76. The van der Waals surface area contributed by atoms with Crippen LogP contribution in [0.4, 0.5) is 0 Å². The van der Waals surface area contributed by atoms with Gasteiger partial charge in [-0.15, -0.1) is 0 Å². The Morgan fingerprint density at radius 3 is 3.05 bits per heavy atom. The summed E-state index contributed by atoms with van der Waals surface area (Å²) in [5.41, 5.74) is 1.25. The van der Waals surface area contributed by atoms with E-state index in [-0.39, 0.29) is 11.8 Å². The van der Waals surface area contributed by atoms with E-state index in [0.29, 0.717) is 11.4 Å². The van der Waals surface area contributed by atoms with Crippen LogP contribution < -0.4 is 5.32 Å². The summed E-state index contributed by atoms with van der Waals surface area (Å²) in [6.07, 6.45) is 5.27. The van der Waals surface area contributed by atoms with Crippen molar-refractivity contribution in [3.8, 4) is 0 Å². The van der Waals surface area contributed by atoms with Crippen LogP contribution in [0.25, 0.3) is 0 Å². The molecule has 1 amide bonds. The Morgan fingerprint density at radius 1 is 1.53 bits per heavy atom. The van der Waals surface area contributed by atoms with Gasteiger partial charge in [-0.25, -0.2) is 0 Å². The van der Waals surface area contributed by atoms with Crippen molar-refractivity contribution in [2.45, 2.75) is 6.92 Å². The fourth-order valence-electron chi connectivity index (χ4n) is 2.32. The lowest BCUT2D eigenvalue weighted by atomic mass is 9.87. The molecule has 5 nitrogen and oxygen atoms in total. The van der Waals surface area contributed by atoms with Crippen molar-refractivity contribution in [3.05, 3.63) is 46.8 Å². The SMILES string of the molecule is CC1C2=C(C=CC1C(=O)O)Sn1cccc1C(=O)N2. The average molecular weight is 276 g/mol. The predicted octanol–water partition coefficient (Wildman–Crippen LogP) is 1.85. The van der Waals surface area contributed by atoms with E-state index in [2.05, 4.69) is 5.32 Å². The Labute approximate surface area is 114 Å². The van der Waals surface area contributed by atoms with Crippen LogP contribution in [0.15, 0.2) is 41.1 Å². The van der Waals surface area contributed by atoms with Crippen LogP contribution in [0.3, 0.4) is 0 Å². The van der Waals surface area contributed by atoms with Gasteiger partial charge < -0.3 is 10.4 Å². The minimum Gasteiger partial charge on any atom is -0.481 e. The van der Waals surface area contributed by atoms with Crippen LogP contribution in [0, 0.1) is 11.8 Å². The van der Waals surface area contributed by atoms with E-state index in [9.17, 15) is 14.7 Å². The summed E-state index contributed by atoms with van der Waals surface area (Å²) in [6, 6.07) is 3.55. The largest absolute Gasteiger partial charge is 0.481 e. The van der Waals surface area contributed by atoms with Gasteiger partial charge in [-0.05, 0) is 30.2 Å². The van der Waals surface area contributed by atoms with Crippen molar-refractivity contribution in [2.24, 2.45) is 11.8 Å². The molecule has 1 aromatic rings. The Hall–Kier alpha value is -1.95. The first-order valence-electron chi connectivity index (χ1n) is 5.90. The van der Waals surface area contributed by atoms with Gasteiger partial charge in [0.05, 0.1) is 5.92 Å². The standard InChI is InChI=1S/C13H12N2O3S/c1-7-8(13(17)18)4-5-10-11(7)14-12(16)9-3-2-6-15(9)19-10/h2-8H,1H3,(H,14,16)(H,17,18). The third-order valence-electron chi connectivity index (χ3n) is 3.39. The highest BCUT2D eigenvalue weighted by molar-refractivity contribution is 8.01. The molecule has 1 aliphatic heterocycles. The molecule has 2 aliphatic rings. The number of carbonyl (C=O) groups is 2. The molecule has 2 unspecified atom stereocenters. The van der Waals surface area contributed by atoms with Crippen molar-refractivity contribution >= 4 is 23.8 Å². The van der Waals surface area contributed by atoms with E-state index in [1.165, 1.54) is 11.9 Å². The van der Waals surface area contributed by atoms with Crippen LogP contribution in [0.2, 0.25) is 0 Å². The molecule has 6 heteroatoms. The normalized spacial score (nSPS) is 25.4. The molecule has 0 radical (unpaired) electrons. The smallest absolute Gasteiger partial charge is 0.311 e. The first-order valence-corrected chi connectivity index (χ1v) is 6.67. The summed E-state index contributed by atoms with van der Waals surface area (Å²) in [5.74, 6) is -1.93. The van der Waals surface area contributed by atoms with Gasteiger partial charge in [-0.3, -0.25) is 13.6 Å². The number of aliphatic carboxylic acids is 1. The zero-order valence-corrected chi connectivity index (χ0v) is 11.0. The maximum absolute atomic E-state index is 12.1. The van der Waals surface area contributed by atoms with Crippen molar-refractivity contribution < 1.29 is 14.7 Å². The molecule has 0 bridgehead atoms. The number of carbonyl (C=O) groups excluding carboxylic acids is 1. The molecule has 2 atom stereocenters. The fourth-order valence-corrected chi connectivity index (χ4v) is 3.38. The summed E-state index contributed by atoms with van der Waals surface area (Å²) in [7, 11) is 0. The number of amides is 1. The molecule has 2 N–H and O–H groups in total. The van der Waals surface area contributed by atoms with Crippen LogP contribution in [0.5, 0.6) is 0 Å². The van der Waals surface area contributed by atoms with Crippen LogP contribution in [-0.4, -0.2) is 21.0 Å².